The van der Waals surface area contributed by atoms with Crippen LogP contribution in [0.15, 0.2) is 34.9 Å². The summed E-state index contributed by atoms with van der Waals surface area (Å²) < 4.78 is 16.3. The Hall–Kier alpha value is -1.20. The summed E-state index contributed by atoms with van der Waals surface area (Å²) in [6, 6.07) is 0. The van der Waals surface area contributed by atoms with Crippen LogP contribution in [0.3, 0.4) is 0 Å². The maximum absolute atomic E-state index is 11.8. The quantitative estimate of drug-likeness (QED) is 0.205. The Morgan fingerprint density at radius 2 is 1.60 bits per heavy atom. The van der Waals surface area contributed by atoms with Crippen molar-refractivity contribution in [2.75, 3.05) is 26.7 Å². The molecule has 0 rings (SSSR count). The fourth-order valence-electron chi connectivity index (χ4n) is 2.96. The van der Waals surface area contributed by atoms with Gasteiger partial charge in [0.05, 0.1) is 6.61 Å². The molecule has 0 saturated heterocycles. The van der Waals surface area contributed by atoms with Gasteiger partial charge in [-0.2, -0.15) is 0 Å². The molecule has 30 heavy (non-hydrogen) atoms. The van der Waals surface area contributed by atoms with Gasteiger partial charge < -0.3 is 19.4 Å². The smallest absolute Gasteiger partial charge is 0.339 e. The van der Waals surface area contributed by atoms with E-state index in [1.165, 1.54) is 16.7 Å². The lowest BCUT2D eigenvalue weighted by Crippen LogP contribution is -2.26. The predicted molar refractivity (Wildman–Crippen MR) is 125 cm³/mol. The number of allylic oxidation sites excluding steroid dienone is 5. The second-order valence-electron chi connectivity index (χ2n) is 8.22. The number of hydrogen-bond acceptors (Lipinski definition) is 4. The molecule has 0 aliphatic heterocycles. The molecule has 1 atom stereocenters. The average Bonchev–Trinajstić information content (AvgIpc) is 2.62. The summed E-state index contributed by atoms with van der Waals surface area (Å²) in [5.74, 6) is -0.812. The van der Waals surface area contributed by atoms with Gasteiger partial charge in [-0.25, -0.2) is 0 Å². The average molecular weight is 444 g/mol. The Morgan fingerprint density at radius 1 is 1.03 bits per heavy atom. The number of likely N-dealkylation sites (N-methyl/N-ethyl adjacent to an activating group) is 1. The Bertz CT molecular complexity index is 644. The number of ether oxygens (including phenoxy) is 1. The van der Waals surface area contributed by atoms with Gasteiger partial charge in [0.2, 0.25) is 0 Å². The predicted octanol–water partition coefficient (Wildman–Crippen LogP) is 5.23. The normalized spacial score (nSPS) is 14.0. The van der Waals surface area contributed by atoms with Gasteiger partial charge in [0.25, 0.3) is 0 Å². The van der Waals surface area contributed by atoms with E-state index in [0.29, 0.717) is 13.0 Å². The molecule has 0 aromatic rings. The van der Waals surface area contributed by atoms with Crippen LogP contribution < -0.4 is 0 Å². The lowest BCUT2D eigenvalue weighted by Gasteiger charge is -2.19. The second kappa shape index (κ2) is 15.6. The van der Waals surface area contributed by atoms with Crippen LogP contribution in [0.2, 0.25) is 0 Å². The first kappa shape index (κ1) is 28.8. The first-order valence-corrected chi connectivity index (χ1v) is 12.5. The molecular weight excluding hydrogens is 401 g/mol. The molecule has 7 heteroatoms. The molecule has 0 fully saturated rings. The number of esters is 1. The minimum atomic E-state index is -4.50. The molecule has 0 bridgehead atoms. The van der Waals surface area contributed by atoms with Gasteiger partial charge in [0.1, 0.15) is 0 Å². The van der Waals surface area contributed by atoms with E-state index in [9.17, 15) is 19.1 Å². The van der Waals surface area contributed by atoms with E-state index < -0.39 is 19.2 Å². The monoisotopic (exact) mass is 443 g/mol. The van der Waals surface area contributed by atoms with Gasteiger partial charge in [-0.1, -0.05) is 34.9 Å². The van der Waals surface area contributed by atoms with Crippen LogP contribution in [0.4, 0.5) is 0 Å². The highest BCUT2D eigenvalue weighted by Gasteiger charge is 2.36. The minimum absolute atomic E-state index is 0.115. The summed E-state index contributed by atoms with van der Waals surface area (Å²) in [6.07, 6.45) is 11.7. The molecule has 0 radical (unpaired) electrons. The molecule has 2 N–H and O–H groups in total. The zero-order valence-electron chi connectivity index (χ0n) is 19.7. The van der Waals surface area contributed by atoms with E-state index in [1.807, 2.05) is 7.05 Å². The maximum Gasteiger partial charge on any atom is 0.339 e. The number of carbonyl (C=O) groups excluding carboxylic acids is 1. The first-order chi connectivity index (χ1) is 14.0. The van der Waals surface area contributed by atoms with Crippen molar-refractivity contribution in [3.05, 3.63) is 34.9 Å². The van der Waals surface area contributed by atoms with Gasteiger partial charge in [0.15, 0.2) is 5.66 Å². The second-order valence-corrected chi connectivity index (χ2v) is 10.0. The molecule has 0 spiro atoms. The molecule has 0 aromatic heterocycles. The SMILES string of the molecule is CCOC(=O)C(CCCN(C)C/C=C(\C)CC/C=C(\C)CCC=C(C)C)P(=O)(O)O. The zero-order valence-corrected chi connectivity index (χ0v) is 20.6. The van der Waals surface area contributed by atoms with Crippen LogP contribution in [0.5, 0.6) is 0 Å². The van der Waals surface area contributed by atoms with E-state index in [1.54, 1.807) is 6.92 Å². The van der Waals surface area contributed by atoms with Gasteiger partial charge >= 0.3 is 13.6 Å². The van der Waals surface area contributed by atoms with E-state index >= 15 is 0 Å². The van der Waals surface area contributed by atoms with E-state index in [0.717, 1.165) is 32.2 Å². The van der Waals surface area contributed by atoms with Crippen LogP contribution in [-0.4, -0.2) is 53.1 Å². The molecule has 0 aliphatic rings. The molecule has 0 amide bonds. The summed E-state index contributed by atoms with van der Waals surface area (Å²) in [7, 11) is -2.53. The number of hydrogen-bond donors (Lipinski definition) is 2. The van der Waals surface area contributed by atoms with Crippen LogP contribution in [0.1, 0.15) is 73.1 Å². The Labute approximate surface area is 183 Å². The third-order valence-corrected chi connectivity index (χ3v) is 6.14. The van der Waals surface area contributed by atoms with Crippen molar-refractivity contribution in [1.29, 1.82) is 0 Å². The minimum Gasteiger partial charge on any atom is -0.465 e. The van der Waals surface area contributed by atoms with Gasteiger partial charge in [-0.05, 0) is 86.7 Å². The number of rotatable bonds is 15. The summed E-state index contributed by atoms with van der Waals surface area (Å²) in [5, 5.41) is 0. The summed E-state index contributed by atoms with van der Waals surface area (Å²) in [4.78, 5) is 32.6. The molecule has 0 aliphatic carbocycles. The Balaban J connectivity index is 4.30. The van der Waals surface area contributed by atoms with Crippen molar-refractivity contribution < 1.29 is 23.9 Å². The summed E-state index contributed by atoms with van der Waals surface area (Å²) in [6.45, 7) is 11.7. The third-order valence-electron chi connectivity index (χ3n) is 4.86. The standard InChI is InChI=1S/C23H42NO5P/c1-7-29-23(25)22(30(26,27)28)15-10-17-24(6)18-16-21(5)14-9-13-20(4)12-8-11-19(2)3/h11,13,16,22H,7-10,12,14-15,17-18H2,1-6H3,(H2,26,27,28)/b20-13+,21-16+. The lowest BCUT2D eigenvalue weighted by atomic mass is 10.1. The molecule has 6 nitrogen and oxygen atoms in total. The Morgan fingerprint density at radius 3 is 2.13 bits per heavy atom. The van der Waals surface area contributed by atoms with Crippen LogP contribution >= 0.6 is 7.60 Å². The summed E-state index contributed by atoms with van der Waals surface area (Å²) in [5.41, 5.74) is 2.76. The maximum atomic E-state index is 11.8. The fourth-order valence-corrected chi connectivity index (χ4v) is 3.83. The lowest BCUT2D eigenvalue weighted by molar-refractivity contribution is -0.143. The first-order valence-electron chi connectivity index (χ1n) is 10.8. The highest BCUT2D eigenvalue weighted by atomic mass is 31.2. The largest absolute Gasteiger partial charge is 0.465 e. The number of nitrogens with zero attached hydrogens (tertiary/aromatic N) is 1. The van der Waals surface area contributed by atoms with Crippen LogP contribution in [0, 0.1) is 0 Å². The van der Waals surface area contributed by atoms with Gasteiger partial charge in [0, 0.05) is 6.54 Å². The third kappa shape index (κ3) is 14.7. The highest BCUT2D eigenvalue weighted by Crippen LogP contribution is 2.44. The molecule has 0 heterocycles. The van der Waals surface area contributed by atoms with Gasteiger partial charge in [-0.15, -0.1) is 0 Å². The van der Waals surface area contributed by atoms with Crippen molar-refractivity contribution in [2.24, 2.45) is 0 Å². The molecule has 1 unspecified atom stereocenters. The van der Waals surface area contributed by atoms with Crippen molar-refractivity contribution in [3.63, 3.8) is 0 Å². The summed E-state index contributed by atoms with van der Waals surface area (Å²) >= 11 is 0. The van der Waals surface area contributed by atoms with E-state index in [4.69, 9.17) is 4.74 Å². The topological polar surface area (TPSA) is 87.1 Å². The van der Waals surface area contributed by atoms with Crippen molar-refractivity contribution in [3.8, 4) is 0 Å². The fraction of sp³-hybridized carbons (Fsp3) is 0.696. The van der Waals surface area contributed by atoms with Crippen molar-refractivity contribution in [2.45, 2.75) is 78.8 Å². The van der Waals surface area contributed by atoms with Crippen LogP contribution in [0.25, 0.3) is 0 Å². The Kier molecular flexibility index (Phi) is 15.0. The molecule has 0 saturated carbocycles. The van der Waals surface area contributed by atoms with Crippen molar-refractivity contribution in [1.82, 2.24) is 4.90 Å². The zero-order chi connectivity index (χ0) is 23.2. The molecule has 174 valence electrons. The molecular formula is C23H42NO5P. The van der Waals surface area contributed by atoms with Crippen LogP contribution in [-0.2, 0) is 14.1 Å². The number of carbonyl (C=O) groups is 1. The van der Waals surface area contributed by atoms with Gasteiger partial charge in [-0.3, -0.25) is 9.36 Å². The highest BCUT2D eigenvalue weighted by molar-refractivity contribution is 7.53. The van der Waals surface area contributed by atoms with E-state index in [-0.39, 0.29) is 13.0 Å². The van der Waals surface area contributed by atoms with E-state index in [2.05, 4.69) is 50.8 Å². The molecule has 0 aromatic carbocycles. The van der Waals surface area contributed by atoms with Crippen molar-refractivity contribution >= 4 is 13.6 Å².